The third-order valence-electron chi connectivity index (χ3n) is 2.84. The van der Waals surface area contributed by atoms with Gasteiger partial charge in [-0.1, -0.05) is 40.2 Å². The van der Waals surface area contributed by atoms with Crippen LogP contribution in [-0.2, 0) is 5.33 Å². The molecule has 106 valence electrons. The van der Waals surface area contributed by atoms with Crippen molar-refractivity contribution in [2.45, 2.75) is 5.33 Å². The molecular weight excluding hydrogens is 337 g/mol. The van der Waals surface area contributed by atoms with Gasteiger partial charge in [-0.15, -0.1) is 5.10 Å². The van der Waals surface area contributed by atoms with Crippen molar-refractivity contribution in [2.24, 2.45) is 0 Å². The molecule has 0 saturated carbocycles. The second kappa shape index (κ2) is 6.05. The lowest BCUT2D eigenvalue weighted by Gasteiger charge is -2.04. The molecule has 1 aromatic heterocycles. The highest BCUT2D eigenvalue weighted by Gasteiger charge is 2.09. The number of para-hydroxylation sites is 1. The first-order valence-electron chi connectivity index (χ1n) is 6.25. The van der Waals surface area contributed by atoms with Crippen LogP contribution in [0.4, 0.5) is 4.39 Å². The lowest BCUT2D eigenvalue weighted by molar-refractivity contribution is 0.410. The van der Waals surface area contributed by atoms with E-state index in [9.17, 15) is 4.39 Å². The first kappa shape index (κ1) is 13.8. The summed E-state index contributed by atoms with van der Waals surface area (Å²) in [6.45, 7) is 0. The number of hydrogen-bond donors (Lipinski definition) is 0. The molecule has 0 atom stereocenters. The smallest absolute Gasteiger partial charge is 0.341 e. The quantitative estimate of drug-likeness (QED) is 0.667. The van der Waals surface area contributed by atoms with Crippen LogP contribution in [0.15, 0.2) is 54.9 Å². The molecule has 0 fully saturated rings. The third kappa shape index (κ3) is 3.11. The third-order valence-corrected chi connectivity index (χ3v) is 3.49. The number of benzene rings is 2. The maximum atomic E-state index is 13.8. The highest BCUT2D eigenvalue weighted by Crippen LogP contribution is 2.23. The normalized spacial score (nSPS) is 10.6. The van der Waals surface area contributed by atoms with Gasteiger partial charge in [0.1, 0.15) is 6.33 Å². The number of halogens is 2. The Labute approximate surface area is 129 Å². The fraction of sp³-hybridized carbons (Fsp3) is 0.0667. The van der Waals surface area contributed by atoms with Crippen molar-refractivity contribution in [2.75, 3.05) is 0 Å². The van der Waals surface area contributed by atoms with Gasteiger partial charge in [0.25, 0.3) is 0 Å². The van der Waals surface area contributed by atoms with Crippen LogP contribution in [0.3, 0.4) is 0 Å². The van der Waals surface area contributed by atoms with Crippen LogP contribution >= 0.6 is 15.9 Å². The molecule has 21 heavy (non-hydrogen) atoms. The van der Waals surface area contributed by atoms with Crippen molar-refractivity contribution in [3.05, 3.63) is 66.2 Å². The van der Waals surface area contributed by atoms with Gasteiger partial charge in [0, 0.05) is 5.33 Å². The zero-order chi connectivity index (χ0) is 14.7. The Hall–Kier alpha value is -2.21. The summed E-state index contributed by atoms with van der Waals surface area (Å²) in [7, 11) is 0. The number of ether oxygens (including phenoxy) is 1. The van der Waals surface area contributed by atoms with E-state index in [-0.39, 0.29) is 11.8 Å². The molecular formula is C15H11BrFN3O. The van der Waals surface area contributed by atoms with Crippen LogP contribution < -0.4 is 4.74 Å². The Balaban J connectivity index is 1.82. The summed E-state index contributed by atoms with van der Waals surface area (Å²) in [6.07, 6.45) is 1.52. The number of aromatic nitrogens is 3. The predicted octanol–water partition coefficient (Wildman–Crippen LogP) is 4.09. The minimum atomic E-state index is -0.442. The number of nitrogens with zero attached hydrogens (tertiary/aromatic N) is 3. The summed E-state index contributed by atoms with van der Waals surface area (Å²) >= 11 is 3.28. The lowest BCUT2D eigenvalue weighted by Crippen LogP contribution is -1.95. The number of hydrogen-bond acceptors (Lipinski definition) is 3. The molecule has 4 nitrogen and oxygen atoms in total. The van der Waals surface area contributed by atoms with Gasteiger partial charge in [0.15, 0.2) is 11.6 Å². The molecule has 0 aliphatic heterocycles. The highest BCUT2D eigenvalue weighted by molar-refractivity contribution is 9.08. The Kier molecular flexibility index (Phi) is 3.96. The molecule has 0 radical (unpaired) electrons. The van der Waals surface area contributed by atoms with Crippen molar-refractivity contribution in [1.82, 2.24) is 14.8 Å². The van der Waals surface area contributed by atoms with Crippen LogP contribution in [0, 0.1) is 5.82 Å². The molecule has 1 heterocycles. The van der Waals surface area contributed by atoms with Crippen LogP contribution in [0.2, 0.25) is 0 Å². The van der Waals surface area contributed by atoms with Crippen LogP contribution in [0.25, 0.3) is 5.69 Å². The maximum absolute atomic E-state index is 13.8. The average Bonchev–Trinajstić information content (AvgIpc) is 2.99. The van der Waals surface area contributed by atoms with Crippen molar-refractivity contribution < 1.29 is 9.13 Å². The van der Waals surface area contributed by atoms with Crippen LogP contribution in [-0.4, -0.2) is 14.8 Å². The second-order valence-corrected chi connectivity index (χ2v) is 4.87. The fourth-order valence-electron chi connectivity index (χ4n) is 1.81. The average molecular weight is 348 g/mol. The molecule has 0 spiro atoms. The van der Waals surface area contributed by atoms with Gasteiger partial charge in [-0.3, -0.25) is 0 Å². The standard InChI is InChI=1S/C15H11BrFN3O/c16-9-11-6-7-14(13(17)8-11)21-15-18-10-20(19-15)12-4-2-1-3-5-12/h1-8,10H,9H2. The van der Waals surface area contributed by atoms with Gasteiger partial charge in [-0.25, -0.2) is 9.07 Å². The summed E-state index contributed by atoms with van der Waals surface area (Å²) in [5, 5.41) is 4.76. The Morgan fingerprint density at radius 3 is 2.67 bits per heavy atom. The monoisotopic (exact) mass is 347 g/mol. The van der Waals surface area contributed by atoms with Gasteiger partial charge in [-0.05, 0) is 29.8 Å². The Morgan fingerprint density at radius 1 is 1.14 bits per heavy atom. The first-order chi connectivity index (χ1) is 10.3. The molecule has 0 N–H and O–H groups in total. The lowest BCUT2D eigenvalue weighted by atomic mass is 10.2. The summed E-state index contributed by atoms with van der Waals surface area (Å²) in [5.41, 5.74) is 1.69. The van der Waals surface area contributed by atoms with Gasteiger partial charge >= 0.3 is 6.01 Å². The fourth-order valence-corrected chi connectivity index (χ4v) is 2.16. The van der Waals surface area contributed by atoms with Gasteiger partial charge < -0.3 is 4.74 Å². The summed E-state index contributed by atoms with van der Waals surface area (Å²) in [4.78, 5) is 4.03. The second-order valence-electron chi connectivity index (χ2n) is 4.31. The molecule has 3 rings (SSSR count). The Bertz CT molecular complexity index is 746. The predicted molar refractivity (Wildman–Crippen MR) is 80.5 cm³/mol. The van der Waals surface area contributed by atoms with E-state index in [2.05, 4.69) is 26.0 Å². The largest absolute Gasteiger partial charge is 0.420 e. The van der Waals surface area contributed by atoms with Crippen molar-refractivity contribution in [3.63, 3.8) is 0 Å². The van der Waals surface area contributed by atoms with E-state index >= 15 is 0 Å². The molecule has 0 aliphatic rings. The van der Waals surface area contributed by atoms with E-state index in [1.165, 1.54) is 12.4 Å². The van der Waals surface area contributed by atoms with E-state index in [1.54, 1.807) is 16.8 Å². The molecule has 0 aliphatic carbocycles. The van der Waals surface area contributed by atoms with Gasteiger partial charge in [-0.2, -0.15) is 4.98 Å². The van der Waals surface area contributed by atoms with Crippen LogP contribution in [0.5, 0.6) is 11.8 Å². The van der Waals surface area contributed by atoms with Gasteiger partial charge in [0.2, 0.25) is 0 Å². The zero-order valence-electron chi connectivity index (χ0n) is 10.9. The zero-order valence-corrected chi connectivity index (χ0v) is 12.5. The van der Waals surface area contributed by atoms with E-state index in [0.29, 0.717) is 5.33 Å². The van der Waals surface area contributed by atoms with Crippen molar-refractivity contribution in [3.8, 4) is 17.4 Å². The summed E-state index contributed by atoms with van der Waals surface area (Å²) in [5.74, 6) is -0.339. The van der Waals surface area contributed by atoms with Gasteiger partial charge in [0.05, 0.1) is 5.69 Å². The molecule has 0 amide bonds. The topological polar surface area (TPSA) is 39.9 Å². The van der Waals surface area contributed by atoms with Crippen molar-refractivity contribution in [1.29, 1.82) is 0 Å². The van der Waals surface area contributed by atoms with E-state index < -0.39 is 5.82 Å². The molecule has 6 heteroatoms. The van der Waals surface area contributed by atoms with E-state index in [0.717, 1.165) is 11.3 Å². The van der Waals surface area contributed by atoms with E-state index in [4.69, 9.17) is 4.74 Å². The molecule has 0 bridgehead atoms. The molecule has 3 aromatic rings. The minimum Gasteiger partial charge on any atom is -0.420 e. The summed E-state index contributed by atoms with van der Waals surface area (Å²) in [6, 6.07) is 14.4. The highest BCUT2D eigenvalue weighted by atomic mass is 79.9. The Morgan fingerprint density at radius 2 is 1.95 bits per heavy atom. The molecule has 2 aromatic carbocycles. The molecule has 0 unspecified atom stereocenters. The number of alkyl halides is 1. The van der Waals surface area contributed by atoms with E-state index in [1.807, 2.05) is 30.3 Å². The minimum absolute atomic E-state index is 0.101. The van der Waals surface area contributed by atoms with Crippen molar-refractivity contribution >= 4 is 15.9 Å². The maximum Gasteiger partial charge on any atom is 0.341 e. The molecule has 0 saturated heterocycles. The number of rotatable bonds is 4. The SMILES string of the molecule is Fc1cc(CBr)ccc1Oc1ncn(-c2ccccc2)n1. The first-order valence-corrected chi connectivity index (χ1v) is 7.38. The van der Waals surface area contributed by atoms with Crippen LogP contribution in [0.1, 0.15) is 5.56 Å². The summed E-state index contributed by atoms with van der Waals surface area (Å²) < 4.78 is 20.8.